The largest absolute Gasteiger partial charge is 0.338 e. The van der Waals surface area contributed by atoms with E-state index in [1.165, 1.54) is 13.3 Å². The molecule has 2 amide bonds. The zero-order chi connectivity index (χ0) is 20.1. The Hall–Kier alpha value is -2.96. The molecule has 0 saturated carbocycles. The second kappa shape index (κ2) is 8.82. The predicted octanol–water partition coefficient (Wildman–Crippen LogP) is 3.76. The topological polar surface area (TPSA) is 87.2 Å². The van der Waals surface area contributed by atoms with Gasteiger partial charge in [-0.3, -0.25) is 9.59 Å². The zero-order valence-corrected chi connectivity index (χ0v) is 16.7. The van der Waals surface area contributed by atoms with Crippen LogP contribution in [-0.2, 0) is 4.79 Å². The van der Waals surface area contributed by atoms with E-state index >= 15 is 0 Å². The van der Waals surface area contributed by atoms with Crippen LogP contribution in [0.15, 0.2) is 30.3 Å². The van der Waals surface area contributed by atoms with Crippen molar-refractivity contribution in [3.05, 3.63) is 41.7 Å². The first-order valence-electron chi connectivity index (χ1n) is 9.77. The number of carbonyl (C=O) groups is 2. The van der Waals surface area contributed by atoms with Gasteiger partial charge in [0.1, 0.15) is 5.69 Å². The minimum atomic E-state index is -0.274. The lowest BCUT2D eigenvalue weighted by Gasteiger charge is -2.35. The van der Waals surface area contributed by atoms with Gasteiger partial charge in [-0.2, -0.15) is 0 Å². The SMILES string of the molecule is CCC1CCCCN1c1nc(C)cc(C(=O)Nc2ccc(NC(C)=O)cc2)n1. The molecule has 0 bridgehead atoms. The molecular weight excluding hydrogens is 354 g/mol. The van der Waals surface area contributed by atoms with Crippen molar-refractivity contribution < 1.29 is 9.59 Å². The molecule has 2 N–H and O–H groups in total. The Morgan fingerprint density at radius 2 is 1.79 bits per heavy atom. The molecule has 1 saturated heterocycles. The number of hydrogen-bond donors (Lipinski definition) is 2. The first-order valence-corrected chi connectivity index (χ1v) is 9.77. The minimum Gasteiger partial charge on any atom is -0.338 e. The first-order chi connectivity index (χ1) is 13.5. The number of nitrogens with one attached hydrogen (secondary N) is 2. The zero-order valence-electron chi connectivity index (χ0n) is 16.7. The summed E-state index contributed by atoms with van der Waals surface area (Å²) in [6.07, 6.45) is 4.52. The van der Waals surface area contributed by atoms with Crippen LogP contribution in [0.5, 0.6) is 0 Å². The molecule has 0 spiro atoms. The highest BCUT2D eigenvalue weighted by molar-refractivity contribution is 6.03. The molecule has 148 valence electrons. The number of nitrogens with zero attached hydrogens (tertiary/aromatic N) is 3. The molecule has 28 heavy (non-hydrogen) atoms. The Kier molecular flexibility index (Phi) is 6.23. The van der Waals surface area contributed by atoms with Crippen LogP contribution >= 0.6 is 0 Å². The van der Waals surface area contributed by atoms with Crippen LogP contribution in [0.3, 0.4) is 0 Å². The van der Waals surface area contributed by atoms with Crippen LogP contribution in [0, 0.1) is 6.92 Å². The highest BCUT2D eigenvalue weighted by Gasteiger charge is 2.24. The summed E-state index contributed by atoms with van der Waals surface area (Å²) in [5.41, 5.74) is 2.45. The van der Waals surface area contributed by atoms with E-state index in [4.69, 9.17) is 0 Å². The van der Waals surface area contributed by atoms with Gasteiger partial charge in [-0.25, -0.2) is 9.97 Å². The summed E-state index contributed by atoms with van der Waals surface area (Å²) in [6.45, 7) is 6.44. The Balaban J connectivity index is 1.76. The van der Waals surface area contributed by atoms with E-state index < -0.39 is 0 Å². The Morgan fingerprint density at radius 3 is 2.43 bits per heavy atom. The number of benzene rings is 1. The van der Waals surface area contributed by atoms with Gasteiger partial charge < -0.3 is 15.5 Å². The maximum absolute atomic E-state index is 12.7. The normalized spacial score (nSPS) is 16.5. The van der Waals surface area contributed by atoms with Gasteiger partial charge >= 0.3 is 0 Å². The van der Waals surface area contributed by atoms with Gasteiger partial charge in [0.15, 0.2) is 0 Å². The Morgan fingerprint density at radius 1 is 1.11 bits per heavy atom. The van der Waals surface area contributed by atoms with Gasteiger partial charge in [0.05, 0.1) is 0 Å². The third-order valence-electron chi connectivity index (χ3n) is 4.89. The summed E-state index contributed by atoms with van der Waals surface area (Å²) in [5.74, 6) is 0.227. The van der Waals surface area contributed by atoms with Crippen LogP contribution < -0.4 is 15.5 Å². The summed E-state index contributed by atoms with van der Waals surface area (Å²) in [7, 11) is 0. The average molecular weight is 381 g/mol. The first kappa shape index (κ1) is 19.8. The van der Waals surface area contributed by atoms with Crippen LogP contribution in [0.1, 0.15) is 55.7 Å². The molecule has 1 aliphatic heterocycles. The van der Waals surface area contributed by atoms with E-state index in [-0.39, 0.29) is 11.8 Å². The summed E-state index contributed by atoms with van der Waals surface area (Å²) in [5, 5.41) is 5.56. The number of amides is 2. The average Bonchev–Trinajstić information content (AvgIpc) is 2.68. The van der Waals surface area contributed by atoms with Crippen molar-refractivity contribution in [3.63, 3.8) is 0 Å². The molecule has 2 aromatic rings. The molecule has 1 atom stereocenters. The molecular formula is C21H27N5O2. The van der Waals surface area contributed by atoms with Crippen molar-refractivity contribution >= 4 is 29.1 Å². The number of carbonyl (C=O) groups excluding carboxylic acids is 2. The predicted molar refractivity (Wildman–Crippen MR) is 111 cm³/mol. The summed E-state index contributed by atoms with van der Waals surface area (Å²) >= 11 is 0. The van der Waals surface area contributed by atoms with Crippen LogP contribution in [0.2, 0.25) is 0 Å². The number of hydrogen-bond acceptors (Lipinski definition) is 5. The standard InChI is InChI=1S/C21H27N5O2/c1-4-18-7-5-6-12-26(18)21-22-14(2)13-19(25-21)20(28)24-17-10-8-16(9-11-17)23-15(3)27/h8-11,13,18H,4-7,12H2,1-3H3,(H,23,27)(H,24,28). The molecule has 1 unspecified atom stereocenters. The molecule has 2 heterocycles. The number of piperidine rings is 1. The molecule has 0 radical (unpaired) electrons. The summed E-state index contributed by atoms with van der Waals surface area (Å²) in [6, 6.07) is 9.11. The van der Waals surface area contributed by atoms with E-state index in [2.05, 4.69) is 32.4 Å². The van der Waals surface area contributed by atoms with Crippen LogP contribution in [-0.4, -0.2) is 34.4 Å². The smallest absolute Gasteiger partial charge is 0.274 e. The lowest BCUT2D eigenvalue weighted by Crippen LogP contribution is -2.40. The number of anilines is 3. The van der Waals surface area contributed by atoms with Gasteiger partial charge in [0.25, 0.3) is 5.91 Å². The van der Waals surface area contributed by atoms with E-state index in [1.807, 2.05) is 6.92 Å². The molecule has 0 aliphatic carbocycles. The Bertz CT molecular complexity index is 850. The van der Waals surface area contributed by atoms with Gasteiger partial charge in [0, 0.05) is 36.6 Å². The molecule has 1 aromatic carbocycles. The lowest BCUT2D eigenvalue weighted by molar-refractivity contribution is -0.114. The maximum Gasteiger partial charge on any atom is 0.274 e. The van der Waals surface area contributed by atoms with Crippen molar-refractivity contribution in [3.8, 4) is 0 Å². The summed E-state index contributed by atoms with van der Waals surface area (Å²) in [4.78, 5) is 35.2. The van der Waals surface area contributed by atoms with Gasteiger partial charge in [-0.05, 0) is 62.9 Å². The van der Waals surface area contributed by atoms with Crippen LogP contribution in [0.25, 0.3) is 0 Å². The van der Waals surface area contributed by atoms with E-state index in [0.29, 0.717) is 29.1 Å². The number of aryl methyl sites for hydroxylation is 1. The summed E-state index contributed by atoms with van der Waals surface area (Å²) < 4.78 is 0. The minimum absolute atomic E-state index is 0.135. The van der Waals surface area contributed by atoms with Gasteiger partial charge in [-0.15, -0.1) is 0 Å². The van der Waals surface area contributed by atoms with E-state index in [9.17, 15) is 9.59 Å². The molecule has 7 heteroatoms. The Labute approximate surface area is 165 Å². The number of aromatic nitrogens is 2. The van der Waals surface area contributed by atoms with E-state index in [0.717, 1.165) is 31.5 Å². The highest BCUT2D eigenvalue weighted by atomic mass is 16.2. The van der Waals surface area contributed by atoms with Crippen molar-refractivity contribution in [1.29, 1.82) is 0 Å². The fraction of sp³-hybridized carbons (Fsp3) is 0.429. The molecule has 7 nitrogen and oxygen atoms in total. The molecule has 1 fully saturated rings. The van der Waals surface area contributed by atoms with Gasteiger partial charge in [-0.1, -0.05) is 6.92 Å². The lowest BCUT2D eigenvalue weighted by atomic mass is 10.0. The molecule has 3 rings (SSSR count). The van der Waals surface area contributed by atoms with Gasteiger partial charge in [0.2, 0.25) is 11.9 Å². The van der Waals surface area contributed by atoms with Crippen molar-refractivity contribution in [2.45, 2.75) is 52.5 Å². The fourth-order valence-electron chi connectivity index (χ4n) is 3.52. The quantitative estimate of drug-likeness (QED) is 0.823. The van der Waals surface area contributed by atoms with Crippen molar-refractivity contribution in [2.75, 3.05) is 22.1 Å². The third kappa shape index (κ3) is 4.85. The third-order valence-corrected chi connectivity index (χ3v) is 4.89. The molecule has 1 aliphatic rings. The van der Waals surface area contributed by atoms with Crippen molar-refractivity contribution in [1.82, 2.24) is 9.97 Å². The maximum atomic E-state index is 12.7. The highest BCUT2D eigenvalue weighted by Crippen LogP contribution is 2.24. The van der Waals surface area contributed by atoms with E-state index in [1.54, 1.807) is 30.3 Å². The second-order valence-electron chi connectivity index (χ2n) is 7.16. The molecule has 1 aromatic heterocycles. The number of rotatable bonds is 5. The van der Waals surface area contributed by atoms with Crippen molar-refractivity contribution in [2.24, 2.45) is 0 Å². The second-order valence-corrected chi connectivity index (χ2v) is 7.16. The fourth-order valence-corrected chi connectivity index (χ4v) is 3.52. The monoisotopic (exact) mass is 381 g/mol. The van der Waals surface area contributed by atoms with Crippen LogP contribution in [0.4, 0.5) is 17.3 Å².